The second kappa shape index (κ2) is 6.09. The van der Waals surface area contributed by atoms with Crippen molar-refractivity contribution < 1.29 is 0 Å². The molecule has 6 heteroatoms. The van der Waals surface area contributed by atoms with Crippen molar-refractivity contribution >= 4 is 23.3 Å². The van der Waals surface area contributed by atoms with E-state index in [2.05, 4.69) is 39.6 Å². The number of hydrogen-bond donors (Lipinski definition) is 1. The minimum Gasteiger partial charge on any atom is -0.310 e. The molecule has 0 atom stereocenters. The molecule has 2 heterocycles. The van der Waals surface area contributed by atoms with Gasteiger partial charge < -0.3 is 5.32 Å². The fraction of sp³-hybridized carbons (Fsp3) is 0.364. The molecule has 0 aliphatic rings. The molecule has 0 aliphatic carbocycles. The first-order chi connectivity index (χ1) is 8.24. The Labute approximate surface area is 109 Å². The first kappa shape index (κ1) is 12.5. The molecule has 0 amide bonds. The molecule has 0 fully saturated rings. The maximum Gasteiger partial charge on any atom is 0.175 e. The number of rotatable bonds is 5. The third-order valence-corrected chi connectivity index (χ3v) is 3.71. The monoisotopic (exact) mass is 266 g/mol. The van der Waals surface area contributed by atoms with Crippen molar-refractivity contribution in [1.29, 1.82) is 0 Å². The average molecular weight is 266 g/mol. The Morgan fingerprint density at radius 3 is 2.82 bits per heavy atom. The summed E-state index contributed by atoms with van der Waals surface area (Å²) in [4.78, 5) is 8.50. The molecule has 0 spiro atoms. The van der Waals surface area contributed by atoms with Gasteiger partial charge in [-0.1, -0.05) is 19.9 Å². The van der Waals surface area contributed by atoms with Crippen molar-refractivity contribution in [3.8, 4) is 0 Å². The van der Waals surface area contributed by atoms with Crippen LogP contribution in [-0.2, 0) is 6.54 Å². The van der Waals surface area contributed by atoms with Gasteiger partial charge in [-0.25, -0.2) is 9.97 Å². The number of hydrogen-bond acceptors (Lipinski definition) is 6. The van der Waals surface area contributed by atoms with Crippen LogP contribution < -0.4 is 5.32 Å². The van der Waals surface area contributed by atoms with Crippen LogP contribution in [0.15, 0.2) is 34.0 Å². The second-order valence-corrected chi connectivity index (χ2v) is 5.90. The molecule has 0 saturated heterocycles. The third kappa shape index (κ3) is 4.07. The SMILES string of the molecule is CC(C)NCc1ccc(Sc2ncns2)nc1. The quantitative estimate of drug-likeness (QED) is 0.901. The molecular weight excluding hydrogens is 252 g/mol. The lowest BCUT2D eigenvalue weighted by molar-refractivity contribution is 0.587. The van der Waals surface area contributed by atoms with E-state index in [0.717, 1.165) is 15.9 Å². The van der Waals surface area contributed by atoms with E-state index in [-0.39, 0.29) is 0 Å². The van der Waals surface area contributed by atoms with Crippen molar-refractivity contribution in [3.63, 3.8) is 0 Å². The van der Waals surface area contributed by atoms with E-state index >= 15 is 0 Å². The minimum absolute atomic E-state index is 0.491. The Bertz CT molecular complexity index is 439. The van der Waals surface area contributed by atoms with E-state index in [1.165, 1.54) is 17.1 Å². The van der Waals surface area contributed by atoms with Crippen molar-refractivity contribution in [3.05, 3.63) is 30.2 Å². The molecular formula is C11H14N4S2. The molecule has 1 N–H and O–H groups in total. The summed E-state index contributed by atoms with van der Waals surface area (Å²) in [5, 5.41) is 4.31. The summed E-state index contributed by atoms with van der Waals surface area (Å²) in [5.74, 6) is 0. The van der Waals surface area contributed by atoms with Crippen LogP contribution in [0.5, 0.6) is 0 Å². The van der Waals surface area contributed by atoms with Gasteiger partial charge in [-0.2, -0.15) is 4.37 Å². The van der Waals surface area contributed by atoms with Gasteiger partial charge in [0.15, 0.2) is 4.34 Å². The summed E-state index contributed by atoms with van der Waals surface area (Å²) in [6.07, 6.45) is 3.46. The van der Waals surface area contributed by atoms with Crippen molar-refractivity contribution in [2.75, 3.05) is 0 Å². The molecule has 0 unspecified atom stereocenters. The Balaban J connectivity index is 1.93. The van der Waals surface area contributed by atoms with E-state index in [1.54, 1.807) is 18.1 Å². The Kier molecular flexibility index (Phi) is 4.47. The Hall–Kier alpha value is -0.980. The number of nitrogens with zero attached hydrogens (tertiary/aromatic N) is 3. The molecule has 2 rings (SSSR count). The Morgan fingerprint density at radius 2 is 2.24 bits per heavy atom. The van der Waals surface area contributed by atoms with Crippen LogP contribution >= 0.6 is 23.3 Å². The second-order valence-electron chi connectivity index (χ2n) is 3.85. The molecule has 4 nitrogen and oxygen atoms in total. The molecule has 2 aromatic rings. The topological polar surface area (TPSA) is 50.7 Å². The zero-order valence-electron chi connectivity index (χ0n) is 9.75. The number of aromatic nitrogens is 3. The van der Waals surface area contributed by atoms with E-state index in [1.807, 2.05) is 12.3 Å². The lowest BCUT2D eigenvalue weighted by Crippen LogP contribution is -2.21. The molecule has 0 radical (unpaired) electrons. The van der Waals surface area contributed by atoms with Crippen LogP contribution in [0.4, 0.5) is 0 Å². The van der Waals surface area contributed by atoms with Crippen LogP contribution in [-0.4, -0.2) is 20.4 Å². The highest BCUT2D eigenvalue weighted by Gasteiger charge is 2.02. The van der Waals surface area contributed by atoms with Crippen molar-refractivity contribution in [1.82, 2.24) is 19.7 Å². The predicted molar refractivity (Wildman–Crippen MR) is 70.2 cm³/mol. The number of pyridine rings is 1. The summed E-state index contributed by atoms with van der Waals surface area (Å²) in [5.41, 5.74) is 1.19. The fourth-order valence-electron chi connectivity index (χ4n) is 1.20. The summed E-state index contributed by atoms with van der Waals surface area (Å²) in [7, 11) is 0. The highest BCUT2D eigenvalue weighted by molar-refractivity contribution is 8.00. The van der Waals surface area contributed by atoms with Gasteiger partial charge in [0.25, 0.3) is 0 Å². The first-order valence-corrected chi connectivity index (χ1v) is 6.96. The van der Waals surface area contributed by atoms with E-state index in [9.17, 15) is 0 Å². The summed E-state index contributed by atoms with van der Waals surface area (Å²) in [6, 6.07) is 4.60. The van der Waals surface area contributed by atoms with Crippen molar-refractivity contribution in [2.45, 2.75) is 35.8 Å². The molecule has 0 saturated carbocycles. The molecule has 0 aromatic carbocycles. The van der Waals surface area contributed by atoms with Crippen LogP contribution in [0.3, 0.4) is 0 Å². The predicted octanol–water partition coefficient (Wildman–Crippen LogP) is 2.58. The van der Waals surface area contributed by atoms with Crippen LogP contribution in [0, 0.1) is 0 Å². The summed E-state index contributed by atoms with van der Waals surface area (Å²) >= 11 is 2.93. The standard InChI is InChI=1S/C11H14N4S2/c1-8(2)12-5-9-3-4-10(13-6-9)16-11-14-7-15-17-11/h3-4,6-8,12H,5H2,1-2H3. The first-order valence-electron chi connectivity index (χ1n) is 5.37. The highest BCUT2D eigenvalue weighted by Crippen LogP contribution is 2.26. The zero-order chi connectivity index (χ0) is 12.1. The summed E-state index contributed by atoms with van der Waals surface area (Å²) in [6.45, 7) is 5.12. The maximum atomic E-state index is 4.39. The minimum atomic E-state index is 0.491. The smallest absolute Gasteiger partial charge is 0.175 e. The van der Waals surface area contributed by atoms with Gasteiger partial charge in [-0.05, 0) is 34.9 Å². The van der Waals surface area contributed by atoms with Gasteiger partial charge in [-0.3, -0.25) is 0 Å². The third-order valence-electron chi connectivity index (χ3n) is 2.04. The van der Waals surface area contributed by atoms with E-state index < -0.39 is 0 Å². The van der Waals surface area contributed by atoms with Gasteiger partial charge in [-0.15, -0.1) is 0 Å². The number of nitrogens with one attached hydrogen (secondary N) is 1. The van der Waals surface area contributed by atoms with Crippen LogP contribution in [0.25, 0.3) is 0 Å². The van der Waals surface area contributed by atoms with Gasteiger partial charge in [0, 0.05) is 18.8 Å². The lowest BCUT2D eigenvalue weighted by Gasteiger charge is -2.07. The average Bonchev–Trinajstić information content (AvgIpc) is 2.81. The maximum absolute atomic E-state index is 4.39. The molecule has 0 bridgehead atoms. The largest absolute Gasteiger partial charge is 0.310 e. The molecule has 0 aliphatic heterocycles. The van der Waals surface area contributed by atoms with Crippen molar-refractivity contribution in [2.24, 2.45) is 0 Å². The molecule has 90 valence electrons. The van der Waals surface area contributed by atoms with Gasteiger partial charge >= 0.3 is 0 Å². The molecule has 17 heavy (non-hydrogen) atoms. The molecule has 2 aromatic heterocycles. The van der Waals surface area contributed by atoms with Gasteiger partial charge in [0.1, 0.15) is 11.4 Å². The van der Waals surface area contributed by atoms with E-state index in [0.29, 0.717) is 6.04 Å². The van der Waals surface area contributed by atoms with Gasteiger partial charge in [0.2, 0.25) is 0 Å². The normalized spacial score (nSPS) is 11.0. The van der Waals surface area contributed by atoms with Crippen LogP contribution in [0.2, 0.25) is 0 Å². The lowest BCUT2D eigenvalue weighted by atomic mass is 10.2. The zero-order valence-corrected chi connectivity index (χ0v) is 11.4. The fourth-order valence-corrected chi connectivity index (χ4v) is 2.53. The van der Waals surface area contributed by atoms with Gasteiger partial charge in [0.05, 0.1) is 0 Å². The summed E-state index contributed by atoms with van der Waals surface area (Å²) < 4.78 is 4.88. The Morgan fingerprint density at radius 1 is 1.35 bits per heavy atom. The van der Waals surface area contributed by atoms with E-state index in [4.69, 9.17) is 0 Å². The van der Waals surface area contributed by atoms with Crippen LogP contribution in [0.1, 0.15) is 19.4 Å². The highest BCUT2D eigenvalue weighted by atomic mass is 32.2.